The van der Waals surface area contributed by atoms with Gasteiger partial charge in [-0.25, -0.2) is 0 Å². The van der Waals surface area contributed by atoms with Crippen LogP contribution >= 0.6 is 0 Å². The Kier molecular flexibility index (Phi) is 6.11. The summed E-state index contributed by atoms with van der Waals surface area (Å²) >= 11 is 0. The van der Waals surface area contributed by atoms with Crippen molar-refractivity contribution in [2.45, 2.75) is 6.04 Å². The van der Waals surface area contributed by atoms with Crippen LogP contribution in [0.15, 0.2) is 64.3 Å². The first-order chi connectivity index (χ1) is 15.8. The highest BCUT2D eigenvalue weighted by Crippen LogP contribution is 2.43. The van der Waals surface area contributed by atoms with Crippen molar-refractivity contribution in [3.8, 4) is 11.5 Å². The molecule has 8 nitrogen and oxygen atoms in total. The number of Topliss-reactive ketones (excluding diaryl/α,β-unsaturated/α-hetero) is 1. The van der Waals surface area contributed by atoms with E-state index in [1.807, 2.05) is 37.2 Å². The van der Waals surface area contributed by atoms with E-state index in [-0.39, 0.29) is 17.9 Å². The summed E-state index contributed by atoms with van der Waals surface area (Å²) < 4.78 is 16.7. The SMILES string of the molecule is COc1ccc(OC)c([C@H]2C(C(=O)c3cc4ccccc4o3)=C(O)C(=O)N2CCN(C)C)c1. The van der Waals surface area contributed by atoms with Crippen molar-refractivity contribution in [2.24, 2.45) is 0 Å². The first-order valence-electron chi connectivity index (χ1n) is 10.5. The monoisotopic (exact) mass is 450 g/mol. The molecule has 0 radical (unpaired) electrons. The quantitative estimate of drug-likeness (QED) is 0.524. The van der Waals surface area contributed by atoms with Crippen LogP contribution in [-0.2, 0) is 4.79 Å². The molecule has 1 aromatic heterocycles. The van der Waals surface area contributed by atoms with Crippen LogP contribution in [0.5, 0.6) is 11.5 Å². The summed E-state index contributed by atoms with van der Waals surface area (Å²) in [5.74, 6) is -0.716. The van der Waals surface area contributed by atoms with Gasteiger partial charge < -0.3 is 28.8 Å². The van der Waals surface area contributed by atoms with E-state index in [0.29, 0.717) is 29.2 Å². The van der Waals surface area contributed by atoms with Gasteiger partial charge in [0.25, 0.3) is 5.91 Å². The summed E-state index contributed by atoms with van der Waals surface area (Å²) in [5.41, 5.74) is 1.03. The van der Waals surface area contributed by atoms with Gasteiger partial charge in [0.1, 0.15) is 17.1 Å². The molecule has 0 aliphatic carbocycles. The number of benzene rings is 2. The highest BCUT2D eigenvalue weighted by atomic mass is 16.5. The van der Waals surface area contributed by atoms with E-state index in [1.54, 1.807) is 30.3 Å². The lowest BCUT2D eigenvalue weighted by Gasteiger charge is -2.29. The predicted molar refractivity (Wildman–Crippen MR) is 123 cm³/mol. The van der Waals surface area contributed by atoms with Gasteiger partial charge in [0, 0.05) is 24.0 Å². The number of ether oxygens (including phenoxy) is 2. The largest absolute Gasteiger partial charge is 0.503 e. The predicted octanol–water partition coefficient (Wildman–Crippen LogP) is 3.59. The molecule has 0 bridgehead atoms. The fraction of sp³-hybridized carbons (Fsp3) is 0.280. The maximum atomic E-state index is 13.6. The van der Waals surface area contributed by atoms with Crippen LogP contribution in [0.3, 0.4) is 0 Å². The molecule has 2 heterocycles. The van der Waals surface area contributed by atoms with Gasteiger partial charge in [-0.3, -0.25) is 9.59 Å². The Balaban J connectivity index is 1.85. The van der Waals surface area contributed by atoms with Crippen LogP contribution < -0.4 is 9.47 Å². The Labute approximate surface area is 191 Å². The zero-order chi connectivity index (χ0) is 23.7. The highest BCUT2D eigenvalue weighted by molar-refractivity contribution is 6.16. The Hall–Kier alpha value is -3.78. The Morgan fingerprint density at radius 2 is 1.88 bits per heavy atom. The molecule has 0 unspecified atom stereocenters. The molecule has 0 fully saturated rings. The van der Waals surface area contributed by atoms with Crippen molar-refractivity contribution in [3.63, 3.8) is 0 Å². The molecule has 1 aliphatic heterocycles. The molecular weight excluding hydrogens is 424 g/mol. The van der Waals surface area contributed by atoms with Crippen LogP contribution in [0.25, 0.3) is 11.0 Å². The number of methoxy groups -OCH3 is 2. The Morgan fingerprint density at radius 1 is 1.12 bits per heavy atom. The molecule has 2 aromatic carbocycles. The van der Waals surface area contributed by atoms with Gasteiger partial charge in [-0.15, -0.1) is 0 Å². The second-order valence-electron chi connectivity index (χ2n) is 8.05. The average molecular weight is 450 g/mol. The molecule has 0 saturated carbocycles. The van der Waals surface area contributed by atoms with Crippen molar-refractivity contribution < 1.29 is 28.6 Å². The van der Waals surface area contributed by atoms with Gasteiger partial charge in [0.05, 0.1) is 25.8 Å². The smallest absolute Gasteiger partial charge is 0.290 e. The van der Waals surface area contributed by atoms with Crippen molar-refractivity contribution in [2.75, 3.05) is 41.4 Å². The van der Waals surface area contributed by atoms with Gasteiger partial charge in [-0.1, -0.05) is 18.2 Å². The number of nitrogens with zero attached hydrogens (tertiary/aromatic N) is 2. The number of hydrogen-bond donors (Lipinski definition) is 1. The molecule has 172 valence electrons. The minimum Gasteiger partial charge on any atom is -0.503 e. The second kappa shape index (κ2) is 8.99. The maximum Gasteiger partial charge on any atom is 0.290 e. The van der Waals surface area contributed by atoms with Crippen LogP contribution in [0.4, 0.5) is 0 Å². The maximum absolute atomic E-state index is 13.6. The normalized spacial score (nSPS) is 16.2. The van der Waals surface area contributed by atoms with Crippen LogP contribution in [0, 0.1) is 0 Å². The zero-order valence-electron chi connectivity index (χ0n) is 19.0. The van der Waals surface area contributed by atoms with Gasteiger partial charge >= 0.3 is 0 Å². The van der Waals surface area contributed by atoms with E-state index >= 15 is 0 Å². The summed E-state index contributed by atoms with van der Waals surface area (Å²) in [7, 11) is 6.81. The summed E-state index contributed by atoms with van der Waals surface area (Å²) in [4.78, 5) is 30.1. The number of carbonyl (C=O) groups is 2. The van der Waals surface area contributed by atoms with Crippen LogP contribution in [0.2, 0.25) is 0 Å². The molecule has 1 aliphatic rings. The average Bonchev–Trinajstić information content (AvgIpc) is 3.36. The first kappa shape index (κ1) is 22.4. The molecule has 33 heavy (non-hydrogen) atoms. The number of rotatable bonds is 8. The number of para-hydroxylation sites is 1. The molecule has 0 spiro atoms. The van der Waals surface area contributed by atoms with Crippen molar-refractivity contribution >= 4 is 22.7 Å². The number of aliphatic hydroxyl groups excluding tert-OH is 1. The summed E-state index contributed by atoms with van der Waals surface area (Å²) in [5, 5.41) is 11.6. The molecule has 3 aromatic rings. The fourth-order valence-electron chi connectivity index (χ4n) is 4.03. The molecule has 0 saturated heterocycles. The van der Waals surface area contributed by atoms with E-state index in [1.165, 1.54) is 19.1 Å². The summed E-state index contributed by atoms with van der Waals surface area (Å²) in [6, 6.07) is 13.1. The first-order valence-corrected chi connectivity index (χ1v) is 10.5. The molecule has 8 heteroatoms. The second-order valence-corrected chi connectivity index (χ2v) is 8.05. The lowest BCUT2D eigenvalue weighted by Crippen LogP contribution is -2.36. The summed E-state index contributed by atoms with van der Waals surface area (Å²) in [6.07, 6.45) is 0. The molecule has 4 rings (SSSR count). The summed E-state index contributed by atoms with van der Waals surface area (Å²) in [6.45, 7) is 0.825. The Morgan fingerprint density at radius 3 is 2.55 bits per heavy atom. The molecule has 1 N–H and O–H groups in total. The molecule has 1 amide bonds. The van der Waals surface area contributed by atoms with Gasteiger partial charge in [0.15, 0.2) is 11.5 Å². The van der Waals surface area contributed by atoms with Gasteiger partial charge in [-0.05, 0) is 44.4 Å². The van der Waals surface area contributed by atoms with Crippen molar-refractivity contribution in [1.82, 2.24) is 9.80 Å². The minimum atomic E-state index is -0.872. The van der Waals surface area contributed by atoms with E-state index < -0.39 is 23.5 Å². The highest BCUT2D eigenvalue weighted by Gasteiger charge is 2.45. The number of carbonyl (C=O) groups excluding carboxylic acids is 2. The third-order valence-corrected chi connectivity index (χ3v) is 5.72. The number of hydrogen-bond acceptors (Lipinski definition) is 7. The van der Waals surface area contributed by atoms with E-state index in [4.69, 9.17) is 13.9 Å². The zero-order valence-corrected chi connectivity index (χ0v) is 19.0. The van der Waals surface area contributed by atoms with Crippen LogP contribution in [-0.4, -0.2) is 68.0 Å². The van der Waals surface area contributed by atoms with E-state index in [2.05, 4.69) is 0 Å². The van der Waals surface area contributed by atoms with Crippen molar-refractivity contribution in [1.29, 1.82) is 0 Å². The lowest BCUT2D eigenvalue weighted by molar-refractivity contribution is -0.129. The number of amides is 1. The third-order valence-electron chi connectivity index (χ3n) is 5.72. The Bertz CT molecular complexity index is 1210. The van der Waals surface area contributed by atoms with E-state index in [0.717, 1.165) is 5.39 Å². The topological polar surface area (TPSA) is 92.4 Å². The molecule has 1 atom stereocenters. The van der Waals surface area contributed by atoms with Gasteiger partial charge in [0.2, 0.25) is 5.78 Å². The number of likely N-dealkylation sites (N-methyl/N-ethyl adjacent to an activating group) is 1. The van der Waals surface area contributed by atoms with Crippen molar-refractivity contribution in [3.05, 3.63) is 71.2 Å². The standard InChI is InChI=1S/C25H26N2O6/c1-26(2)11-12-27-22(17-14-16(31-3)9-10-19(17)32-4)21(24(29)25(27)30)23(28)20-13-15-7-5-6-8-18(15)33-20/h5-10,13-14,22,29H,11-12H2,1-4H3/t22-/m0/s1. The minimum absolute atomic E-state index is 0.0480. The number of aliphatic hydroxyl groups is 1. The number of fused-ring (bicyclic) bond motifs is 1. The fourth-order valence-corrected chi connectivity index (χ4v) is 4.03. The van der Waals surface area contributed by atoms with Gasteiger partial charge in [-0.2, -0.15) is 0 Å². The number of ketones is 1. The van der Waals surface area contributed by atoms with E-state index in [9.17, 15) is 14.7 Å². The lowest BCUT2D eigenvalue weighted by atomic mass is 9.94. The third kappa shape index (κ3) is 4.05. The molecular formula is C25H26N2O6. The van der Waals surface area contributed by atoms with Crippen LogP contribution in [0.1, 0.15) is 22.2 Å². The number of furan rings is 1.